The molecule has 8 heteroatoms. The molecule has 0 radical (unpaired) electrons. The van der Waals surface area contributed by atoms with Crippen LogP contribution >= 0.6 is 12.4 Å². The molecule has 3 rings (SSSR count). The monoisotopic (exact) mass is 395 g/mol. The van der Waals surface area contributed by atoms with E-state index < -0.39 is 15.6 Å². The molecule has 0 heterocycles. The van der Waals surface area contributed by atoms with Crippen LogP contribution in [-0.2, 0) is 14.8 Å². The average molecular weight is 396 g/mol. The van der Waals surface area contributed by atoms with Crippen molar-refractivity contribution in [1.82, 2.24) is 0 Å². The van der Waals surface area contributed by atoms with Crippen LogP contribution in [0.15, 0.2) is 59.5 Å². The maximum atomic E-state index is 12.4. The quantitative estimate of drug-likeness (QED) is 0.723. The largest absolute Gasteiger partial charge is 0.324 e. The molecular formula is C18H22ClN3O3S. The van der Waals surface area contributed by atoms with Crippen LogP contribution in [0.2, 0.25) is 0 Å². The number of amides is 1. The number of halogens is 1. The van der Waals surface area contributed by atoms with E-state index in [-0.39, 0.29) is 23.2 Å². The van der Waals surface area contributed by atoms with Crippen LogP contribution in [0.25, 0.3) is 0 Å². The molecule has 4 N–H and O–H groups in total. The first kappa shape index (κ1) is 20.2. The van der Waals surface area contributed by atoms with Gasteiger partial charge in [0.2, 0.25) is 5.91 Å². The number of carbonyl (C=O) groups excluding carboxylic acids is 1. The molecule has 2 aromatic carbocycles. The second kappa shape index (κ2) is 8.07. The summed E-state index contributed by atoms with van der Waals surface area (Å²) in [7, 11) is -3.67. The van der Waals surface area contributed by atoms with Crippen molar-refractivity contribution in [3.05, 3.63) is 54.6 Å². The molecule has 0 aromatic heterocycles. The van der Waals surface area contributed by atoms with E-state index in [0.717, 1.165) is 12.8 Å². The topological polar surface area (TPSA) is 101 Å². The highest BCUT2D eigenvalue weighted by Crippen LogP contribution is 2.29. The Bertz CT molecular complexity index is 866. The fourth-order valence-corrected chi connectivity index (χ4v) is 4.03. The summed E-state index contributed by atoms with van der Waals surface area (Å²) in [5.41, 5.74) is 6.19. The predicted octanol–water partition coefficient (Wildman–Crippen LogP) is 3.12. The molecule has 2 aromatic rings. The van der Waals surface area contributed by atoms with Gasteiger partial charge >= 0.3 is 0 Å². The zero-order chi connectivity index (χ0) is 17.9. The number of hydrogen-bond acceptors (Lipinski definition) is 4. The summed E-state index contributed by atoms with van der Waals surface area (Å²) < 4.78 is 27.3. The summed E-state index contributed by atoms with van der Waals surface area (Å²) in [5, 5.41) is 2.79. The average Bonchev–Trinajstić information content (AvgIpc) is 3.04. The Morgan fingerprint density at radius 3 is 2.23 bits per heavy atom. The van der Waals surface area contributed by atoms with E-state index in [1.165, 1.54) is 12.1 Å². The van der Waals surface area contributed by atoms with Gasteiger partial charge in [-0.15, -0.1) is 12.4 Å². The third kappa shape index (κ3) is 4.55. The number of nitrogens with one attached hydrogen (secondary N) is 2. The molecule has 140 valence electrons. The van der Waals surface area contributed by atoms with Gasteiger partial charge < -0.3 is 11.1 Å². The minimum absolute atomic E-state index is 0. The first-order chi connectivity index (χ1) is 11.9. The molecule has 1 aliphatic carbocycles. The van der Waals surface area contributed by atoms with Gasteiger partial charge in [-0.05, 0) is 43.2 Å². The molecule has 1 amide bonds. The van der Waals surface area contributed by atoms with Gasteiger partial charge in [0, 0.05) is 5.69 Å². The van der Waals surface area contributed by atoms with Crippen molar-refractivity contribution in [2.75, 3.05) is 10.0 Å². The lowest BCUT2D eigenvalue weighted by atomic mass is 9.98. The first-order valence-electron chi connectivity index (χ1n) is 8.17. The summed E-state index contributed by atoms with van der Waals surface area (Å²) in [6, 6.07) is 14.7. The summed E-state index contributed by atoms with van der Waals surface area (Å²) >= 11 is 0. The van der Waals surface area contributed by atoms with Crippen molar-refractivity contribution < 1.29 is 13.2 Å². The minimum Gasteiger partial charge on any atom is -0.324 e. The fourth-order valence-electron chi connectivity index (χ4n) is 2.96. The van der Waals surface area contributed by atoms with Crippen LogP contribution in [0.1, 0.15) is 25.7 Å². The third-order valence-corrected chi connectivity index (χ3v) is 5.77. The smallest absolute Gasteiger partial charge is 0.261 e. The Kier molecular flexibility index (Phi) is 6.28. The summed E-state index contributed by atoms with van der Waals surface area (Å²) in [6.07, 6.45) is 3.22. The van der Waals surface area contributed by atoms with Gasteiger partial charge in [0.05, 0.1) is 16.1 Å². The summed E-state index contributed by atoms with van der Waals surface area (Å²) in [4.78, 5) is 12.6. The van der Waals surface area contributed by atoms with Crippen molar-refractivity contribution >= 4 is 39.7 Å². The zero-order valence-electron chi connectivity index (χ0n) is 14.1. The van der Waals surface area contributed by atoms with E-state index in [4.69, 9.17) is 5.73 Å². The lowest BCUT2D eigenvalue weighted by Crippen LogP contribution is -2.48. The van der Waals surface area contributed by atoms with Crippen LogP contribution in [-0.4, -0.2) is 19.9 Å². The highest BCUT2D eigenvalue weighted by molar-refractivity contribution is 7.92. The fraction of sp³-hybridized carbons (Fsp3) is 0.278. The van der Waals surface area contributed by atoms with E-state index in [2.05, 4.69) is 10.0 Å². The van der Waals surface area contributed by atoms with Crippen molar-refractivity contribution in [2.24, 2.45) is 5.73 Å². The van der Waals surface area contributed by atoms with Gasteiger partial charge in [-0.25, -0.2) is 8.42 Å². The van der Waals surface area contributed by atoms with E-state index in [1.54, 1.807) is 42.5 Å². The Morgan fingerprint density at radius 1 is 0.962 bits per heavy atom. The standard InChI is InChI=1S/C18H21N3O3S.ClH/c19-18(11-4-5-12-18)17(22)20-14-7-6-8-15(13-14)21-25(23,24)16-9-2-1-3-10-16;/h1-3,6-10,13,21H,4-5,11-12,19H2,(H,20,22);1H. The molecular weight excluding hydrogens is 374 g/mol. The first-order valence-corrected chi connectivity index (χ1v) is 9.66. The minimum atomic E-state index is -3.67. The van der Waals surface area contributed by atoms with Crippen LogP contribution in [0.5, 0.6) is 0 Å². The van der Waals surface area contributed by atoms with Crippen LogP contribution in [0.4, 0.5) is 11.4 Å². The van der Waals surface area contributed by atoms with Crippen LogP contribution < -0.4 is 15.8 Å². The van der Waals surface area contributed by atoms with E-state index in [0.29, 0.717) is 24.2 Å². The van der Waals surface area contributed by atoms with Crippen molar-refractivity contribution in [2.45, 2.75) is 36.1 Å². The third-order valence-electron chi connectivity index (χ3n) is 4.37. The predicted molar refractivity (Wildman–Crippen MR) is 105 cm³/mol. The Labute approximate surface area is 159 Å². The summed E-state index contributed by atoms with van der Waals surface area (Å²) in [6.45, 7) is 0. The normalized spacial score (nSPS) is 15.7. The Hall–Kier alpha value is -2.09. The van der Waals surface area contributed by atoms with Gasteiger partial charge in [-0.3, -0.25) is 9.52 Å². The molecule has 0 spiro atoms. The molecule has 0 aliphatic heterocycles. The summed E-state index contributed by atoms with van der Waals surface area (Å²) in [5.74, 6) is -0.229. The second-order valence-corrected chi connectivity index (χ2v) is 8.00. The number of benzene rings is 2. The van der Waals surface area contributed by atoms with Crippen molar-refractivity contribution in [1.29, 1.82) is 0 Å². The lowest BCUT2D eigenvalue weighted by Gasteiger charge is -2.22. The number of sulfonamides is 1. The molecule has 1 fully saturated rings. The molecule has 0 unspecified atom stereocenters. The number of hydrogen-bond donors (Lipinski definition) is 3. The zero-order valence-corrected chi connectivity index (χ0v) is 15.8. The highest BCUT2D eigenvalue weighted by Gasteiger charge is 2.36. The van der Waals surface area contributed by atoms with Crippen molar-refractivity contribution in [3.8, 4) is 0 Å². The van der Waals surface area contributed by atoms with Gasteiger partial charge in [0.1, 0.15) is 0 Å². The molecule has 1 saturated carbocycles. The lowest BCUT2D eigenvalue weighted by molar-refractivity contribution is -0.121. The molecule has 0 bridgehead atoms. The van der Waals surface area contributed by atoms with Gasteiger partial charge in [-0.1, -0.05) is 37.1 Å². The maximum absolute atomic E-state index is 12.4. The Balaban J connectivity index is 0.00000243. The molecule has 6 nitrogen and oxygen atoms in total. The van der Waals surface area contributed by atoms with Gasteiger partial charge in [0.25, 0.3) is 10.0 Å². The van der Waals surface area contributed by atoms with E-state index in [9.17, 15) is 13.2 Å². The van der Waals surface area contributed by atoms with E-state index >= 15 is 0 Å². The number of nitrogens with two attached hydrogens (primary N) is 1. The SMILES string of the molecule is Cl.NC1(C(=O)Nc2cccc(NS(=O)(=O)c3ccccc3)c2)CCCC1. The highest BCUT2D eigenvalue weighted by atomic mass is 35.5. The van der Waals surface area contributed by atoms with Gasteiger partial charge in [0.15, 0.2) is 0 Å². The van der Waals surface area contributed by atoms with Crippen molar-refractivity contribution in [3.63, 3.8) is 0 Å². The maximum Gasteiger partial charge on any atom is 0.261 e. The molecule has 1 aliphatic rings. The van der Waals surface area contributed by atoms with E-state index in [1.807, 2.05) is 0 Å². The number of rotatable bonds is 5. The Morgan fingerprint density at radius 2 is 1.58 bits per heavy atom. The second-order valence-electron chi connectivity index (χ2n) is 6.32. The molecule has 0 saturated heterocycles. The molecule has 26 heavy (non-hydrogen) atoms. The number of anilines is 2. The number of carbonyl (C=O) groups is 1. The van der Waals surface area contributed by atoms with Crippen LogP contribution in [0, 0.1) is 0 Å². The van der Waals surface area contributed by atoms with Crippen LogP contribution in [0.3, 0.4) is 0 Å². The van der Waals surface area contributed by atoms with Gasteiger partial charge in [-0.2, -0.15) is 0 Å². The molecule has 0 atom stereocenters.